The first-order chi connectivity index (χ1) is 12.1. The highest BCUT2D eigenvalue weighted by Crippen LogP contribution is 2.21. The number of piperidine rings is 1. The number of hydrogen-bond donors (Lipinski definition) is 2. The van der Waals surface area contributed by atoms with Crippen LogP contribution in [0.5, 0.6) is 0 Å². The van der Waals surface area contributed by atoms with Crippen LogP contribution >= 0.6 is 0 Å². The van der Waals surface area contributed by atoms with Crippen molar-refractivity contribution in [1.29, 1.82) is 0 Å². The molecule has 1 aromatic carbocycles. The number of aromatic carboxylic acids is 1. The number of hydrogen-bond acceptors (Lipinski definition) is 4. The van der Waals surface area contributed by atoms with E-state index >= 15 is 0 Å². The molecule has 2 heterocycles. The van der Waals surface area contributed by atoms with Crippen molar-refractivity contribution in [1.82, 2.24) is 10.3 Å². The molecule has 6 nitrogen and oxygen atoms in total. The fourth-order valence-electron chi connectivity index (χ4n) is 2.97. The van der Waals surface area contributed by atoms with Crippen molar-refractivity contribution in [2.75, 3.05) is 18.0 Å². The van der Waals surface area contributed by atoms with Crippen molar-refractivity contribution in [3.05, 3.63) is 59.3 Å². The highest BCUT2D eigenvalue weighted by atomic mass is 16.4. The molecule has 0 atom stereocenters. The number of nitrogens with one attached hydrogen (secondary N) is 1. The monoisotopic (exact) mass is 339 g/mol. The number of anilines is 1. The van der Waals surface area contributed by atoms with Gasteiger partial charge in [0, 0.05) is 25.8 Å². The van der Waals surface area contributed by atoms with Crippen molar-refractivity contribution in [2.45, 2.75) is 25.8 Å². The lowest BCUT2D eigenvalue weighted by Gasteiger charge is -2.29. The molecule has 0 bridgehead atoms. The van der Waals surface area contributed by atoms with E-state index in [2.05, 4.69) is 15.2 Å². The van der Waals surface area contributed by atoms with Gasteiger partial charge in [-0.3, -0.25) is 4.79 Å². The van der Waals surface area contributed by atoms with Crippen LogP contribution < -0.4 is 10.2 Å². The molecule has 1 aromatic heterocycles. The Bertz CT molecular complexity index is 753. The Morgan fingerprint density at radius 2 is 1.80 bits per heavy atom. The molecule has 6 heteroatoms. The molecule has 1 amide bonds. The van der Waals surface area contributed by atoms with Gasteiger partial charge >= 0.3 is 5.97 Å². The number of carboxylic acid groups (broad SMARTS) is 1. The number of rotatable bonds is 5. The summed E-state index contributed by atoms with van der Waals surface area (Å²) in [7, 11) is 0. The highest BCUT2D eigenvalue weighted by Gasteiger charge is 2.19. The standard InChI is InChI=1S/C19H21N3O3/c23-18(21-13-14-6-8-15(9-7-14)19(24)25)16-5-4-10-20-17(16)22-11-2-1-3-12-22/h4-10H,1-3,11-13H2,(H,21,23)(H,24,25). The van der Waals surface area contributed by atoms with Crippen LogP contribution in [-0.2, 0) is 6.54 Å². The Hall–Kier alpha value is -2.89. The Morgan fingerprint density at radius 3 is 2.48 bits per heavy atom. The van der Waals surface area contributed by atoms with E-state index in [1.165, 1.54) is 18.6 Å². The van der Waals surface area contributed by atoms with E-state index in [-0.39, 0.29) is 11.5 Å². The normalized spacial score (nSPS) is 14.2. The molecule has 130 valence electrons. The Morgan fingerprint density at radius 1 is 1.08 bits per heavy atom. The van der Waals surface area contributed by atoms with Crippen molar-refractivity contribution >= 4 is 17.7 Å². The van der Waals surface area contributed by atoms with Gasteiger partial charge in [-0.1, -0.05) is 12.1 Å². The van der Waals surface area contributed by atoms with Gasteiger partial charge in [-0.05, 0) is 49.1 Å². The fraction of sp³-hybridized carbons (Fsp3) is 0.316. The number of carbonyl (C=O) groups excluding carboxylic acids is 1. The first kappa shape index (κ1) is 17.0. The zero-order chi connectivity index (χ0) is 17.6. The molecule has 0 spiro atoms. The quantitative estimate of drug-likeness (QED) is 0.875. The van der Waals surface area contributed by atoms with Gasteiger partial charge in [0.2, 0.25) is 0 Å². The molecule has 0 unspecified atom stereocenters. The first-order valence-electron chi connectivity index (χ1n) is 8.45. The third kappa shape index (κ3) is 4.15. The first-order valence-corrected chi connectivity index (χ1v) is 8.45. The number of pyridine rings is 1. The lowest BCUT2D eigenvalue weighted by atomic mass is 10.1. The van der Waals surface area contributed by atoms with Crippen LogP contribution in [0.15, 0.2) is 42.6 Å². The van der Waals surface area contributed by atoms with Gasteiger partial charge in [-0.2, -0.15) is 0 Å². The number of nitrogens with zero attached hydrogens (tertiary/aromatic N) is 2. The summed E-state index contributed by atoms with van der Waals surface area (Å²) in [4.78, 5) is 30.0. The van der Waals surface area contributed by atoms with E-state index in [4.69, 9.17) is 5.11 Å². The fourth-order valence-corrected chi connectivity index (χ4v) is 2.97. The van der Waals surface area contributed by atoms with E-state index in [1.807, 2.05) is 0 Å². The zero-order valence-electron chi connectivity index (χ0n) is 13.9. The minimum atomic E-state index is -0.961. The average molecular weight is 339 g/mol. The molecule has 1 aliphatic heterocycles. The lowest BCUT2D eigenvalue weighted by Crippen LogP contribution is -2.33. The van der Waals surface area contributed by atoms with Gasteiger partial charge in [-0.15, -0.1) is 0 Å². The molecule has 2 aromatic rings. The second kappa shape index (κ2) is 7.79. The third-order valence-corrected chi connectivity index (χ3v) is 4.34. The number of aromatic nitrogens is 1. The summed E-state index contributed by atoms with van der Waals surface area (Å²) in [5, 5.41) is 11.8. The minimum Gasteiger partial charge on any atom is -0.478 e. The zero-order valence-corrected chi connectivity index (χ0v) is 13.9. The second-order valence-corrected chi connectivity index (χ2v) is 6.11. The van der Waals surface area contributed by atoms with Gasteiger partial charge in [0.05, 0.1) is 11.1 Å². The molecular weight excluding hydrogens is 318 g/mol. The van der Waals surface area contributed by atoms with Crippen molar-refractivity contribution in [2.24, 2.45) is 0 Å². The molecule has 0 radical (unpaired) electrons. The van der Waals surface area contributed by atoms with Gasteiger partial charge in [0.1, 0.15) is 5.82 Å². The summed E-state index contributed by atoms with van der Waals surface area (Å²) in [6, 6.07) is 10.0. The maximum atomic E-state index is 12.6. The molecule has 1 saturated heterocycles. The molecular formula is C19H21N3O3. The molecule has 25 heavy (non-hydrogen) atoms. The molecule has 1 fully saturated rings. The topological polar surface area (TPSA) is 82.5 Å². The highest BCUT2D eigenvalue weighted by molar-refractivity contribution is 5.98. The number of carbonyl (C=O) groups is 2. The molecule has 0 saturated carbocycles. The maximum absolute atomic E-state index is 12.6. The van der Waals surface area contributed by atoms with Crippen LogP contribution in [0.4, 0.5) is 5.82 Å². The van der Waals surface area contributed by atoms with E-state index in [1.54, 1.807) is 30.5 Å². The number of benzene rings is 1. The van der Waals surface area contributed by atoms with Crippen LogP contribution in [0.25, 0.3) is 0 Å². The Kier molecular flexibility index (Phi) is 5.28. The lowest BCUT2D eigenvalue weighted by molar-refractivity contribution is 0.0696. The van der Waals surface area contributed by atoms with Crippen LogP contribution in [-0.4, -0.2) is 35.1 Å². The van der Waals surface area contributed by atoms with Crippen LogP contribution in [0, 0.1) is 0 Å². The van der Waals surface area contributed by atoms with Gasteiger partial charge in [0.25, 0.3) is 5.91 Å². The van der Waals surface area contributed by atoms with Crippen molar-refractivity contribution in [3.63, 3.8) is 0 Å². The summed E-state index contributed by atoms with van der Waals surface area (Å²) >= 11 is 0. The predicted molar refractivity (Wildman–Crippen MR) is 94.9 cm³/mol. The smallest absolute Gasteiger partial charge is 0.335 e. The largest absolute Gasteiger partial charge is 0.478 e. The van der Waals surface area contributed by atoms with Crippen LogP contribution in [0.3, 0.4) is 0 Å². The van der Waals surface area contributed by atoms with E-state index in [9.17, 15) is 9.59 Å². The molecule has 1 aliphatic rings. The number of carboxylic acids is 1. The molecule has 2 N–H and O–H groups in total. The van der Waals surface area contributed by atoms with E-state index < -0.39 is 5.97 Å². The summed E-state index contributed by atoms with van der Waals surface area (Å²) in [5.41, 5.74) is 1.66. The summed E-state index contributed by atoms with van der Waals surface area (Å²) < 4.78 is 0. The SMILES string of the molecule is O=C(O)c1ccc(CNC(=O)c2cccnc2N2CCCCC2)cc1. The van der Waals surface area contributed by atoms with E-state index in [0.29, 0.717) is 12.1 Å². The van der Waals surface area contributed by atoms with Crippen molar-refractivity contribution in [3.8, 4) is 0 Å². The molecule has 3 rings (SSSR count). The van der Waals surface area contributed by atoms with Crippen LogP contribution in [0.2, 0.25) is 0 Å². The van der Waals surface area contributed by atoms with Gasteiger partial charge < -0.3 is 15.3 Å². The molecule has 0 aliphatic carbocycles. The summed E-state index contributed by atoms with van der Waals surface area (Å²) in [5.74, 6) is -0.394. The number of amides is 1. The van der Waals surface area contributed by atoms with Gasteiger partial charge in [0.15, 0.2) is 0 Å². The van der Waals surface area contributed by atoms with Gasteiger partial charge in [-0.25, -0.2) is 9.78 Å². The average Bonchev–Trinajstić information content (AvgIpc) is 2.67. The van der Waals surface area contributed by atoms with Crippen LogP contribution in [0.1, 0.15) is 45.5 Å². The van der Waals surface area contributed by atoms with Crippen molar-refractivity contribution < 1.29 is 14.7 Å². The summed E-state index contributed by atoms with van der Waals surface area (Å²) in [6.45, 7) is 2.19. The third-order valence-electron chi connectivity index (χ3n) is 4.34. The van der Waals surface area contributed by atoms with E-state index in [0.717, 1.165) is 37.3 Å². The second-order valence-electron chi connectivity index (χ2n) is 6.11. The Balaban J connectivity index is 1.68. The maximum Gasteiger partial charge on any atom is 0.335 e. The Labute approximate surface area is 146 Å². The summed E-state index contributed by atoms with van der Waals surface area (Å²) in [6.07, 6.45) is 5.17. The predicted octanol–water partition coefficient (Wildman–Crippen LogP) is 2.70. The minimum absolute atomic E-state index is 0.170.